The Kier molecular flexibility index (Phi) is 4.34. The molecule has 0 spiro atoms. The standard InChI is InChI=1S/C20H25N3O2/c24-19(21-14-20(25)12-7-13-20)18-16-10-5-2-6-11-17(16)23(22-18)15-8-3-1-4-9-15/h1,3-4,8-9,25H,2,5-7,10-14H2,(H,21,24). The number of rotatable bonds is 4. The lowest BCUT2D eigenvalue weighted by atomic mass is 9.80. The highest BCUT2D eigenvalue weighted by molar-refractivity contribution is 5.94. The zero-order valence-corrected chi connectivity index (χ0v) is 14.5. The maximum atomic E-state index is 12.8. The summed E-state index contributed by atoms with van der Waals surface area (Å²) < 4.78 is 1.94. The minimum atomic E-state index is -0.714. The van der Waals surface area contributed by atoms with E-state index in [0.29, 0.717) is 12.2 Å². The summed E-state index contributed by atoms with van der Waals surface area (Å²) in [5.41, 5.74) is 3.06. The predicted octanol–water partition coefficient (Wildman–Crippen LogP) is 2.79. The lowest BCUT2D eigenvalue weighted by Crippen LogP contribution is -2.48. The maximum Gasteiger partial charge on any atom is 0.272 e. The fourth-order valence-corrected chi connectivity index (χ4v) is 3.83. The normalized spacial score (nSPS) is 18.8. The van der Waals surface area contributed by atoms with Gasteiger partial charge in [0.15, 0.2) is 5.69 Å². The smallest absolute Gasteiger partial charge is 0.272 e. The molecule has 25 heavy (non-hydrogen) atoms. The molecule has 0 unspecified atom stereocenters. The van der Waals surface area contributed by atoms with Crippen LogP contribution in [-0.4, -0.2) is 32.9 Å². The Morgan fingerprint density at radius 2 is 1.88 bits per heavy atom. The first-order valence-corrected chi connectivity index (χ1v) is 9.33. The van der Waals surface area contributed by atoms with Gasteiger partial charge in [-0.1, -0.05) is 24.6 Å². The zero-order valence-electron chi connectivity index (χ0n) is 14.5. The van der Waals surface area contributed by atoms with Crippen LogP contribution in [0.4, 0.5) is 0 Å². The van der Waals surface area contributed by atoms with E-state index in [1.54, 1.807) is 0 Å². The SMILES string of the molecule is O=C(NCC1(O)CCC1)c1nn(-c2ccccc2)c2c1CCCCC2. The van der Waals surface area contributed by atoms with Crippen molar-refractivity contribution in [2.24, 2.45) is 0 Å². The first-order chi connectivity index (χ1) is 12.2. The Morgan fingerprint density at radius 3 is 2.60 bits per heavy atom. The molecule has 4 rings (SSSR count). The van der Waals surface area contributed by atoms with Crippen molar-refractivity contribution in [1.29, 1.82) is 0 Å². The minimum absolute atomic E-state index is 0.159. The van der Waals surface area contributed by atoms with E-state index in [2.05, 4.69) is 10.4 Å². The average Bonchev–Trinajstić information content (AvgIpc) is 2.80. The number of carbonyl (C=O) groups excluding carboxylic acids is 1. The van der Waals surface area contributed by atoms with Crippen molar-refractivity contribution in [1.82, 2.24) is 15.1 Å². The monoisotopic (exact) mass is 339 g/mol. The van der Waals surface area contributed by atoms with Gasteiger partial charge in [0, 0.05) is 17.8 Å². The topological polar surface area (TPSA) is 67.2 Å². The lowest BCUT2D eigenvalue weighted by molar-refractivity contribution is -0.0300. The van der Waals surface area contributed by atoms with Crippen LogP contribution in [0.5, 0.6) is 0 Å². The highest BCUT2D eigenvalue weighted by Gasteiger charge is 2.35. The van der Waals surface area contributed by atoms with Crippen LogP contribution in [-0.2, 0) is 12.8 Å². The summed E-state index contributed by atoms with van der Waals surface area (Å²) in [5.74, 6) is -0.159. The molecule has 1 fully saturated rings. The molecule has 132 valence electrons. The number of aromatic nitrogens is 2. The van der Waals surface area contributed by atoms with E-state index in [1.165, 1.54) is 6.42 Å². The third-order valence-corrected chi connectivity index (χ3v) is 5.51. The van der Waals surface area contributed by atoms with Crippen molar-refractivity contribution in [2.75, 3.05) is 6.54 Å². The Hall–Kier alpha value is -2.14. The third-order valence-electron chi connectivity index (χ3n) is 5.51. The van der Waals surface area contributed by atoms with Crippen LogP contribution in [0.2, 0.25) is 0 Å². The van der Waals surface area contributed by atoms with E-state index < -0.39 is 5.60 Å². The second-order valence-electron chi connectivity index (χ2n) is 7.34. The van der Waals surface area contributed by atoms with E-state index in [0.717, 1.165) is 61.9 Å². The van der Waals surface area contributed by atoms with Gasteiger partial charge in [-0.2, -0.15) is 5.10 Å². The number of nitrogens with one attached hydrogen (secondary N) is 1. The molecular weight excluding hydrogens is 314 g/mol. The Bertz CT molecular complexity index is 763. The number of hydrogen-bond donors (Lipinski definition) is 2. The molecular formula is C20H25N3O2. The molecule has 0 bridgehead atoms. The Morgan fingerprint density at radius 1 is 1.12 bits per heavy atom. The largest absolute Gasteiger partial charge is 0.388 e. The summed E-state index contributed by atoms with van der Waals surface area (Å²) in [7, 11) is 0. The molecule has 1 amide bonds. The first kappa shape index (κ1) is 16.3. The molecule has 0 saturated heterocycles. The van der Waals surface area contributed by atoms with Crippen molar-refractivity contribution in [2.45, 2.75) is 57.0 Å². The van der Waals surface area contributed by atoms with Gasteiger partial charge in [0.25, 0.3) is 5.91 Å². The number of para-hydroxylation sites is 1. The van der Waals surface area contributed by atoms with E-state index in [9.17, 15) is 9.90 Å². The van der Waals surface area contributed by atoms with Gasteiger partial charge in [0.05, 0.1) is 11.3 Å². The molecule has 0 radical (unpaired) electrons. The van der Waals surface area contributed by atoms with E-state index in [1.807, 2.05) is 35.0 Å². The molecule has 1 aromatic carbocycles. The quantitative estimate of drug-likeness (QED) is 0.842. The molecule has 2 aromatic rings. The average molecular weight is 339 g/mol. The van der Waals surface area contributed by atoms with Gasteiger partial charge in [-0.3, -0.25) is 4.79 Å². The van der Waals surface area contributed by atoms with Gasteiger partial charge in [0.2, 0.25) is 0 Å². The van der Waals surface area contributed by atoms with E-state index in [-0.39, 0.29) is 5.91 Å². The van der Waals surface area contributed by atoms with Gasteiger partial charge < -0.3 is 10.4 Å². The van der Waals surface area contributed by atoms with E-state index >= 15 is 0 Å². The predicted molar refractivity (Wildman–Crippen MR) is 96.0 cm³/mol. The highest BCUT2D eigenvalue weighted by atomic mass is 16.3. The number of fused-ring (bicyclic) bond motifs is 1. The van der Waals surface area contributed by atoms with Gasteiger partial charge in [-0.15, -0.1) is 0 Å². The summed E-state index contributed by atoms with van der Waals surface area (Å²) in [6.45, 7) is 0.318. The van der Waals surface area contributed by atoms with Crippen LogP contribution >= 0.6 is 0 Å². The number of carbonyl (C=O) groups is 1. The van der Waals surface area contributed by atoms with Crippen LogP contribution in [0.1, 0.15) is 60.3 Å². The summed E-state index contributed by atoms with van der Waals surface area (Å²) >= 11 is 0. The molecule has 2 aliphatic rings. The molecule has 0 aliphatic heterocycles. The Balaban J connectivity index is 1.65. The summed E-state index contributed by atoms with van der Waals surface area (Å²) in [6.07, 6.45) is 7.83. The molecule has 5 nitrogen and oxygen atoms in total. The van der Waals surface area contributed by atoms with Gasteiger partial charge in [-0.25, -0.2) is 4.68 Å². The number of benzene rings is 1. The minimum Gasteiger partial charge on any atom is -0.388 e. The summed E-state index contributed by atoms with van der Waals surface area (Å²) in [4.78, 5) is 12.8. The Labute approximate surface area is 148 Å². The molecule has 1 saturated carbocycles. The molecule has 2 N–H and O–H groups in total. The molecule has 1 aromatic heterocycles. The van der Waals surface area contributed by atoms with Crippen LogP contribution in [0.3, 0.4) is 0 Å². The van der Waals surface area contributed by atoms with Crippen molar-refractivity contribution in [3.8, 4) is 5.69 Å². The second kappa shape index (κ2) is 6.64. The van der Waals surface area contributed by atoms with Crippen LogP contribution in [0.15, 0.2) is 30.3 Å². The molecule has 0 atom stereocenters. The van der Waals surface area contributed by atoms with Crippen molar-refractivity contribution < 1.29 is 9.90 Å². The fraction of sp³-hybridized carbons (Fsp3) is 0.500. The number of nitrogens with zero attached hydrogens (tertiary/aromatic N) is 2. The summed E-state index contributed by atoms with van der Waals surface area (Å²) in [5, 5.41) is 17.8. The van der Waals surface area contributed by atoms with Gasteiger partial charge in [-0.05, 0) is 57.1 Å². The van der Waals surface area contributed by atoms with E-state index in [4.69, 9.17) is 0 Å². The summed E-state index contributed by atoms with van der Waals surface area (Å²) in [6, 6.07) is 10.0. The number of aliphatic hydroxyl groups is 1. The first-order valence-electron chi connectivity index (χ1n) is 9.33. The highest BCUT2D eigenvalue weighted by Crippen LogP contribution is 2.31. The molecule has 5 heteroatoms. The van der Waals surface area contributed by atoms with Gasteiger partial charge in [0.1, 0.15) is 0 Å². The number of amides is 1. The molecule has 1 heterocycles. The van der Waals surface area contributed by atoms with Crippen molar-refractivity contribution >= 4 is 5.91 Å². The van der Waals surface area contributed by atoms with Crippen LogP contribution < -0.4 is 5.32 Å². The number of hydrogen-bond acceptors (Lipinski definition) is 3. The van der Waals surface area contributed by atoms with Crippen molar-refractivity contribution in [3.63, 3.8) is 0 Å². The fourth-order valence-electron chi connectivity index (χ4n) is 3.83. The van der Waals surface area contributed by atoms with Gasteiger partial charge >= 0.3 is 0 Å². The second-order valence-corrected chi connectivity index (χ2v) is 7.34. The van der Waals surface area contributed by atoms with Crippen molar-refractivity contribution in [3.05, 3.63) is 47.3 Å². The third kappa shape index (κ3) is 3.21. The van der Waals surface area contributed by atoms with Crippen LogP contribution in [0.25, 0.3) is 5.69 Å². The maximum absolute atomic E-state index is 12.8. The zero-order chi connectivity index (χ0) is 17.3. The molecule has 2 aliphatic carbocycles. The van der Waals surface area contributed by atoms with Crippen LogP contribution in [0, 0.1) is 0 Å². The lowest BCUT2D eigenvalue weighted by Gasteiger charge is -2.36.